The fourth-order valence-corrected chi connectivity index (χ4v) is 5.46. The highest BCUT2D eigenvalue weighted by atomic mass is 19.3. The molecule has 0 aromatic heterocycles. The highest BCUT2D eigenvalue weighted by Crippen LogP contribution is 2.23. The first-order chi connectivity index (χ1) is 26.3. The molecule has 3 amide bonds. The summed E-state index contributed by atoms with van der Waals surface area (Å²) < 4.78 is 48.7. The van der Waals surface area contributed by atoms with Crippen LogP contribution in [0.5, 0.6) is 5.75 Å². The number of rotatable bonds is 20. The fourth-order valence-electron chi connectivity index (χ4n) is 5.46. The van der Waals surface area contributed by atoms with Gasteiger partial charge in [0.15, 0.2) is 0 Å². The van der Waals surface area contributed by atoms with E-state index in [0.717, 1.165) is 11.1 Å². The Morgan fingerprint density at radius 1 is 0.618 bits per heavy atom. The van der Waals surface area contributed by atoms with Crippen LogP contribution in [0.3, 0.4) is 0 Å². The van der Waals surface area contributed by atoms with E-state index in [4.69, 9.17) is 14.2 Å². The number of hydrogen-bond acceptors (Lipinski definition) is 7. The quantitative estimate of drug-likeness (QED) is 0.0845. The van der Waals surface area contributed by atoms with Crippen LogP contribution in [0.25, 0.3) is 0 Å². The van der Waals surface area contributed by atoms with Crippen LogP contribution in [-0.4, -0.2) is 54.3 Å². The SMILES string of the molecule is CC(C)[C@H](COCc1ccccc1)NC(=O)C(F)(F)C(=O)[C@H](Cc1ccc(OCc2ccccc2)cc1)NC(=O)[C@H](NC(=O)OCc1ccccc1)C(C)C. The zero-order chi connectivity index (χ0) is 39.8. The number of ketones is 1. The Morgan fingerprint density at radius 2 is 1.15 bits per heavy atom. The number of benzene rings is 4. The molecule has 3 atom stereocenters. The summed E-state index contributed by atoms with van der Waals surface area (Å²) >= 11 is 0. The predicted octanol–water partition coefficient (Wildman–Crippen LogP) is 6.81. The Balaban J connectivity index is 1.49. The van der Waals surface area contributed by atoms with Gasteiger partial charge in [-0.05, 0) is 46.2 Å². The summed E-state index contributed by atoms with van der Waals surface area (Å²) in [6.07, 6.45) is -1.30. The van der Waals surface area contributed by atoms with Crippen molar-refractivity contribution in [2.45, 2.75) is 78.0 Å². The fraction of sp³-hybridized carbons (Fsp3) is 0.349. The monoisotopic (exact) mass is 757 g/mol. The van der Waals surface area contributed by atoms with Crippen LogP contribution in [0.15, 0.2) is 115 Å². The molecule has 12 heteroatoms. The van der Waals surface area contributed by atoms with Crippen LogP contribution >= 0.6 is 0 Å². The van der Waals surface area contributed by atoms with Gasteiger partial charge in [0.25, 0.3) is 5.91 Å². The molecule has 4 rings (SSSR count). The van der Waals surface area contributed by atoms with Gasteiger partial charge < -0.3 is 30.2 Å². The number of nitrogens with one attached hydrogen (secondary N) is 3. The molecule has 0 aliphatic rings. The first kappa shape index (κ1) is 42.1. The maximum Gasteiger partial charge on any atom is 0.408 e. The number of halogens is 2. The number of ether oxygens (including phenoxy) is 3. The summed E-state index contributed by atoms with van der Waals surface area (Å²) in [6, 6.07) is 30.1. The Labute approximate surface area is 321 Å². The summed E-state index contributed by atoms with van der Waals surface area (Å²) in [4.78, 5) is 53.2. The summed E-state index contributed by atoms with van der Waals surface area (Å²) in [7, 11) is 0. The van der Waals surface area contributed by atoms with Crippen molar-refractivity contribution in [3.8, 4) is 5.75 Å². The predicted molar refractivity (Wildman–Crippen MR) is 204 cm³/mol. The Hall–Kier alpha value is -5.62. The van der Waals surface area contributed by atoms with E-state index in [1.807, 2.05) is 66.7 Å². The van der Waals surface area contributed by atoms with Crippen LogP contribution in [0, 0.1) is 11.8 Å². The van der Waals surface area contributed by atoms with Crippen molar-refractivity contribution in [1.82, 2.24) is 16.0 Å². The summed E-state index contributed by atoms with van der Waals surface area (Å²) in [5.74, 6) is -9.43. The molecule has 0 saturated heterocycles. The molecule has 0 radical (unpaired) electrons. The minimum Gasteiger partial charge on any atom is -0.489 e. The number of alkyl carbamates (subject to hydrolysis) is 1. The topological polar surface area (TPSA) is 132 Å². The molecule has 0 bridgehead atoms. The van der Waals surface area contributed by atoms with Crippen LogP contribution in [0.4, 0.5) is 13.6 Å². The molecule has 0 heterocycles. The zero-order valence-corrected chi connectivity index (χ0v) is 31.5. The average molecular weight is 758 g/mol. The van der Waals surface area contributed by atoms with Crippen molar-refractivity contribution < 1.29 is 42.2 Å². The third-order valence-corrected chi connectivity index (χ3v) is 8.80. The molecular formula is C43H49F2N3O7. The molecule has 0 fully saturated rings. The van der Waals surface area contributed by atoms with E-state index < -0.39 is 53.7 Å². The molecule has 292 valence electrons. The van der Waals surface area contributed by atoms with Gasteiger partial charge in [-0.25, -0.2) is 4.79 Å². The smallest absolute Gasteiger partial charge is 0.408 e. The van der Waals surface area contributed by atoms with Gasteiger partial charge >= 0.3 is 12.0 Å². The molecule has 55 heavy (non-hydrogen) atoms. The second-order valence-electron chi connectivity index (χ2n) is 13.9. The lowest BCUT2D eigenvalue weighted by atomic mass is 9.96. The summed E-state index contributed by atoms with van der Waals surface area (Å²) in [5, 5.41) is 7.17. The van der Waals surface area contributed by atoms with Gasteiger partial charge in [-0.15, -0.1) is 0 Å². The van der Waals surface area contributed by atoms with E-state index in [2.05, 4.69) is 16.0 Å². The van der Waals surface area contributed by atoms with Gasteiger partial charge in [0.2, 0.25) is 11.7 Å². The third-order valence-electron chi connectivity index (χ3n) is 8.80. The molecule has 0 aliphatic carbocycles. The minimum absolute atomic E-state index is 0.0682. The van der Waals surface area contributed by atoms with Gasteiger partial charge in [0, 0.05) is 6.42 Å². The normalized spacial score (nSPS) is 13.0. The van der Waals surface area contributed by atoms with Crippen LogP contribution < -0.4 is 20.7 Å². The molecular weight excluding hydrogens is 708 g/mol. The highest BCUT2D eigenvalue weighted by molar-refractivity contribution is 6.10. The van der Waals surface area contributed by atoms with Gasteiger partial charge in [-0.3, -0.25) is 14.4 Å². The molecule has 0 unspecified atom stereocenters. The van der Waals surface area contributed by atoms with E-state index >= 15 is 8.78 Å². The number of alkyl halides is 2. The van der Waals surface area contributed by atoms with Crippen molar-refractivity contribution in [2.75, 3.05) is 6.61 Å². The highest BCUT2D eigenvalue weighted by Gasteiger charge is 2.51. The third kappa shape index (κ3) is 13.3. The van der Waals surface area contributed by atoms with E-state index in [9.17, 15) is 19.2 Å². The number of hydrogen-bond donors (Lipinski definition) is 3. The molecule has 10 nitrogen and oxygen atoms in total. The van der Waals surface area contributed by atoms with Crippen LogP contribution in [-0.2, 0) is 50.1 Å². The van der Waals surface area contributed by atoms with Crippen LogP contribution in [0.2, 0.25) is 0 Å². The molecule has 4 aromatic rings. The van der Waals surface area contributed by atoms with Crippen molar-refractivity contribution in [3.05, 3.63) is 138 Å². The number of amides is 3. The first-order valence-electron chi connectivity index (χ1n) is 18.2. The maximum atomic E-state index is 15.9. The Bertz CT molecular complexity index is 1810. The number of Topliss-reactive ketones (excluding diaryl/α,β-unsaturated/α-hetero) is 1. The zero-order valence-electron chi connectivity index (χ0n) is 31.5. The van der Waals surface area contributed by atoms with E-state index in [1.165, 1.54) is 0 Å². The van der Waals surface area contributed by atoms with E-state index in [-0.39, 0.29) is 32.2 Å². The lowest BCUT2D eigenvalue weighted by Crippen LogP contribution is -2.60. The largest absolute Gasteiger partial charge is 0.489 e. The molecule has 0 aliphatic heterocycles. The number of carbonyl (C=O) groups excluding carboxylic acids is 4. The van der Waals surface area contributed by atoms with Gasteiger partial charge in [0.05, 0.1) is 25.3 Å². The molecule has 3 N–H and O–H groups in total. The Morgan fingerprint density at radius 3 is 1.67 bits per heavy atom. The van der Waals surface area contributed by atoms with Gasteiger partial charge in [0.1, 0.15) is 25.0 Å². The van der Waals surface area contributed by atoms with Gasteiger partial charge in [-0.2, -0.15) is 8.78 Å². The standard InChI is InChI=1S/C43H49F2N3O7/c1-29(2)37(28-53-25-32-14-8-5-9-15-32)47-41(51)43(44,45)39(49)36(24-31-20-22-35(23-21-31)54-26-33-16-10-6-11-17-33)46-40(50)38(30(3)4)48-42(52)55-27-34-18-12-7-13-19-34/h5-23,29-30,36-38H,24-28H2,1-4H3,(H,46,50)(H,47,51)(H,48,52)/t36-,37-,38+/m0/s1. The Kier molecular flexibility index (Phi) is 15.9. The van der Waals surface area contributed by atoms with Gasteiger partial charge in [-0.1, -0.05) is 131 Å². The maximum absolute atomic E-state index is 15.9. The molecule has 0 spiro atoms. The van der Waals surface area contributed by atoms with Crippen molar-refractivity contribution >= 4 is 23.7 Å². The summed E-state index contributed by atoms with van der Waals surface area (Å²) in [6.45, 7) is 7.09. The van der Waals surface area contributed by atoms with Crippen molar-refractivity contribution in [2.24, 2.45) is 11.8 Å². The first-order valence-corrected chi connectivity index (χ1v) is 18.2. The lowest BCUT2D eigenvalue weighted by molar-refractivity contribution is -0.161. The minimum atomic E-state index is -4.54. The van der Waals surface area contributed by atoms with E-state index in [1.54, 1.807) is 76.2 Å². The molecule has 4 aromatic carbocycles. The van der Waals surface area contributed by atoms with Crippen LogP contribution in [0.1, 0.15) is 49.9 Å². The molecule has 0 saturated carbocycles. The lowest BCUT2D eigenvalue weighted by Gasteiger charge is -2.28. The van der Waals surface area contributed by atoms with Crippen molar-refractivity contribution in [3.63, 3.8) is 0 Å². The average Bonchev–Trinajstić information content (AvgIpc) is 3.18. The number of carbonyl (C=O) groups is 4. The second-order valence-corrected chi connectivity index (χ2v) is 13.9. The summed E-state index contributed by atoms with van der Waals surface area (Å²) in [5.41, 5.74) is 2.94. The van der Waals surface area contributed by atoms with E-state index in [0.29, 0.717) is 23.5 Å². The second kappa shape index (κ2) is 20.7. The van der Waals surface area contributed by atoms with Crippen molar-refractivity contribution in [1.29, 1.82) is 0 Å².